The maximum absolute atomic E-state index is 8.82. The highest BCUT2D eigenvalue weighted by Gasteiger charge is 2.21. The van der Waals surface area contributed by atoms with Gasteiger partial charge in [0.05, 0.1) is 6.07 Å². The molecule has 2 atom stereocenters. The topological polar surface area (TPSA) is 49.8 Å². The SMILES string of the molecule is CC(CC(C)(N)C#N)Sc1ccccc1. The summed E-state index contributed by atoms with van der Waals surface area (Å²) in [5.41, 5.74) is 5.08. The van der Waals surface area contributed by atoms with Gasteiger partial charge < -0.3 is 5.73 Å². The molecule has 0 saturated heterocycles. The predicted octanol–water partition coefficient (Wildman–Crippen LogP) is 2.80. The Morgan fingerprint density at radius 3 is 2.60 bits per heavy atom. The Morgan fingerprint density at radius 1 is 1.47 bits per heavy atom. The van der Waals surface area contributed by atoms with Crippen LogP contribution in [0, 0.1) is 11.3 Å². The van der Waals surface area contributed by atoms with Crippen LogP contribution < -0.4 is 5.73 Å². The van der Waals surface area contributed by atoms with Crippen LogP contribution in [0.1, 0.15) is 20.3 Å². The quantitative estimate of drug-likeness (QED) is 0.794. The van der Waals surface area contributed by atoms with Crippen molar-refractivity contribution in [1.29, 1.82) is 5.26 Å². The smallest absolute Gasteiger partial charge is 0.102 e. The second-order valence-corrected chi connectivity index (χ2v) is 5.49. The van der Waals surface area contributed by atoms with Crippen LogP contribution in [0.5, 0.6) is 0 Å². The Kier molecular flexibility index (Phi) is 4.19. The van der Waals surface area contributed by atoms with Crippen LogP contribution in [-0.4, -0.2) is 10.8 Å². The van der Waals surface area contributed by atoms with Crippen LogP contribution in [0.2, 0.25) is 0 Å². The number of thioether (sulfide) groups is 1. The van der Waals surface area contributed by atoms with Gasteiger partial charge in [0.25, 0.3) is 0 Å². The van der Waals surface area contributed by atoms with Crippen molar-refractivity contribution in [3.05, 3.63) is 30.3 Å². The zero-order valence-electron chi connectivity index (χ0n) is 9.10. The Bertz CT molecular complexity index is 340. The van der Waals surface area contributed by atoms with Crippen molar-refractivity contribution in [2.45, 2.75) is 36.0 Å². The third-order valence-corrected chi connectivity index (χ3v) is 3.16. The average Bonchev–Trinajstić information content (AvgIpc) is 2.18. The lowest BCUT2D eigenvalue weighted by Crippen LogP contribution is -2.36. The van der Waals surface area contributed by atoms with Gasteiger partial charge in [-0.05, 0) is 25.5 Å². The molecule has 2 nitrogen and oxygen atoms in total. The monoisotopic (exact) mass is 220 g/mol. The van der Waals surface area contributed by atoms with Gasteiger partial charge in [-0.25, -0.2) is 0 Å². The molecule has 1 aromatic carbocycles. The van der Waals surface area contributed by atoms with Gasteiger partial charge in [0.15, 0.2) is 0 Å². The second kappa shape index (κ2) is 5.20. The molecule has 0 heterocycles. The summed E-state index contributed by atoms with van der Waals surface area (Å²) in [5, 5.41) is 9.17. The molecule has 0 saturated carbocycles. The molecule has 0 amide bonds. The van der Waals surface area contributed by atoms with E-state index >= 15 is 0 Å². The van der Waals surface area contributed by atoms with Gasteiger partial charge >= 0.3 is 0 Å². The lowest BCUT2D eigenvalue weighted by Gasteiger charge is -2.20. The van der Waals surface area contributed by atoms with Crippen molar-refractivity contribution >= 4 is 11.8 Å². The summed E-state index contributed by atoms with van der Waals surface area (Å²) in [6.07, 6.45) is 0.697. The molecule has 3 heteroatoms. The molecule has 0 radical (unpaired) electrons. The number of hydrogen-bond donors (Lipinski definition) is 1. The molecule has 0 aliphatic rings. The van der Waals surface area contributed by atoms with Crippen molar-refractivity contribution in [3.63, 3.8) is 0 Å². The van der Waals surface area contributed by atoms with Crippen LogP contribution >= 0.6 is 11.8 Å². The van der Waals surface area contributed by atoms with E-state index in [0.29, 0.717) is 11.7 Å². The minimum Gasteiger partial charge on any atom is -0.314 e. The molecule has 0 fully saturated rings. The first-order chi connectivity index (χ1) is 7.03. The molecule has 0 aromatic heterocycles. The molecule has 2 unspecified atom stereocenters. The highest BCUT2D eigenvalue weighted by molar-refractivity contribution is 7.99. The maximum atomic E-state index is 8.82. The molecule has 1 rings (SSSR count). The van der Waals surface area contributed by atoms with E-state index in [1.54, 1.807) is 18.7 Å². The zero-order valence-corrected chi connectivity index (χ0v) is 9.92. The summed E-state index contributed by atoms with van der Waals surface area (Å²) >= 11 is 1.75. The number of benzene rings is 1. The molecule has 2 N–H and O–H groups in total. The summed E-state index contributed by atoms with van der Waals surface area (Å²) in [7, 11) is 0. The van der Waals surface area contributed by atoms with E-state index in [0.717, 1.165) is 0 Å². The van der Waals surface area contributed by atoms with Crippen LogP contribution in [0.3, 0.4) is 0 Å². The Balaban J connectivity index is 2.51. The van der Waals surface area contributed by atoms with Gasteiger partial charge in [-0.2, -0.15) is 5.26 Å². The molecule has 0 bridgehead atoms. The molecule has 0 aliphatic heterocycles. The van der Waals surface area contributed by atoms with Crippen molar-refractivity contribution in [2.24, 2.45) is 5.73 Å². The van der Waals surface area contributed by atoms with Crippen molar-refractivity contribution < 1.29 is 0 Å². The lowest BCUT2D eigenvalue weighted by molar-refractivity contribution is 0.545. The molecular weight excluding hydrogens is 204 g/mol. The fourth-order valence-corrected chi connectivity index (χ4v) is 2.62. The van der Waals surface area contributed by atoms with Gasteiger partial charge in [0.1, 0.15) is 5.54 Å². The van der Waals surface area contributed by atoms with Crippen LogP contribution in [0.15, 0.2) is 35.2 Å². The first-order valence-electron chi connectivity index (χ1n) is 4.95. The molecule has 1 aromatic rings. The second-order valence-electron chi connectivity index (χ2n) is 3.97. The summed E-state index contributed by atoms with van der Waals surface area (Å²) in [5.74, 6) is 0. The highest BCUT2D eigenvalue weighted by Crippen LogP contribution is 2.27. The number of nitrogens with two attached hydrogens (primary N) is 1. The van der Waals surface area contributed by atoms with Gasteiger partial charge in [0.2, 0.25) is 0 Å². The molecule has 0 aliphatic carbocycles. The van der Waals surface area contributed by atoms with E-state index in [9.17, 15) is 0 Å². The van der Waals surface area contributed by atoms with Gasteiger partial charge in [-0.3, -0.25) is 0 Å². The van der Waals surface area contributed by atoms with Gasteiger partial charge in [-0.1, -0.05) is 25.1 Å². The molecule has 0 spiro atoms. The summed E-state index contributed by atoms with van der Waals surface area (Å²) in [4.78, 5) is 1.22. The van der Waals surface area contributed by atoms with E-state index in [2.05, 4.69) is 25.1 Å². The Morgan fingerprint density at radius 2 is 2.07 bits per heavy atom. The predicted molar refractivity (Wildman–Crippen MR) is 64.6 cm³/mol. The third kappa shape index (κ3) is 4.37. The van der Waals surface area contributed by atoms with Crippen molar-refractivity contribution in [2.75, 3.05) is 0 Å². The zero-order chi connectivity index (χ0) is 11.3. The van der Waals surface area contributed by atoms with E-state index < -0.39 is 5.54 Å². The summed E-state index contributed by atoms with van der Waals surface area (Å²) in [6.45, 7) is 3.87. The first kappa shape index (κ1) is 12.1. The fraction of sp³-hybridized carbons (Fsp3) is 0.417. The van der Waals surface area contributed by atoms with E-state index in [4.69, 9.17) is 11.0 Å². The van der Waals surface area contributed by atoms with E-state index in [-0.39, 0.29) is 0 Å². The minimum absolute atomic E-state index is 0.349. The van der Waals surface area contributed by atoms with E-state index in [1.807, 2.05) is 18.2 Å². The Labute approximate surface area is 95.5 Å². The number of hydrogen-bond acceptors (Lipinski definition) is 3. The number of rotatable bonds is 4. The van der Waals surface area contributed by atoms with Crippen molar-refractivity contribution in [1.82, 2.24) is 0 Å². The summed E-state index contributed by atoms with van der Waals surface area (Å²) < 4.78 is 0. The highest BCUT2D eigenvalue weighted by atomic mass is 32.2. The number of nitrogens with zero attached hydrogens (tertiary/aromatic N) is 1. The van der Waals surface area contributed by atoms with Crippen LogP contribution in [0.4, 0.5) is 0 Å². The lowest BCUT2D eigenvalue weighted by atomic mass is 10.00. The molecular formula is C12H16N2S. The summed E-state index contributed by atoms with van der Waals surface area (Å²) in [6, 6.07) is 12.3. The van der Waals surface area contributed by atoms with Gasteiger partial charge in [0, 0.05) is 10.1 Å². The normalized spacial score (nSPS) is 16.4. The van der Waals surface area contributed by atoms with Crippen LogP contribution in [-0.2, 0) is 0 Å². The van der Waals surface area contributed by atoms with Crippen molar-refractivity contribution in [3.8, 4) is 6.07 Å². The third-order valence-electron chi connectivity index (χ3n) is 2.05. The minimum atomic E-state index is -0.721. The van der Waals surface area contributed by atoms with Crippen LogP contribution in [0.25, 0.3) is 0 Å². The Hall–Kier alpha value is -0.980. The molecule has 80 valence electrons. The largest absolute Gasteiger partial charge is 0.314 e. The molecule has 15 heavy (non-hydrogen) atoms. The maximum Gasteiger partial charge on any atom is 0.102 e. The number of nitriles is 1. The van der Waals surface area contributed by atoms with E-state index in [1.165, 1.54) is 4.90 Å². The standard InChI is InChI=1S/C12H16N2S/c1-10(8-12(2,14)9-13)15-11-6-4-3-5-7-11/h3-7,10H,8,14H2,1-2H3. The first-order valence-corrected chi connectivity index (χ1v) is 5.83. The fourth-order valence-electron chi connectivity index (χ4n) is 1.42. The average molecular weight is 220 g/mol. The van der Waals surface area contributed by atoms with Gasteiger partial charge in [-0.15, -0.1) is 11.8 Å².